The summed E-state index contributed by atoms with van der Waals surface area (Å²) < 4.78 is 5.29. The molecule has 1 unspecified atom stereocenters. The van der Waals surface area contributed by atoms with E-state index in [9.17, 15) is 0 Å². The van der Waals surface area contributed by atoms with Crippen molar-refractivity contribution >= 4 is 0 Å². The second-order valence-corrected chi connectivity index (χ2v) is 5.05. The van der Waals surface area contributed by atoms with Crippen LogP contribution >= 0.6 is 0 Å². The van der Waals surface area contributed by atoms with Crippen LogP contribution in [0.2, 0.25) is 0 Å². The van der Waals surface area contributed by atoms with Gasteiger partial charge in [-0.25, -0.2) is 0 Å². The van der Waals surface area contributed by atoms with E-state index in [1.54, 1.807) is 7.11 Å². The van der Waals surface area contributed by atoms with Crippen LogP contribution < -0.4 is 10.1 Å². The second kappa shape index (κ2) is 6.16. The quantitative estimate of drug-likeness (QED) is 0.879. The zero-order valence-corrected chi connectivity index (χ0v) is 11.6. The molecule has 1 atom stereocenters. The van der Waals surface area contributed by atoms with Crippen LogP contribution in [0.3, 0.4) is 0 Å². The molecule has 0 aliphatic carbocycles. The van der Waals surface area contributed by atoms with Gasteiger partial charge in [-0.2, -0.15) is 0 Å². The fourth-order valence-electron chi connectivity index (χ4n) is 2.50. The minimum atomic E-state index is 0.618. The molecule has 0 bridgehead atoms. The second-order valence-electron chi connectivity index (χ2n) is 5.05. The standard InChI is InChI=1S/C14H23N3O/c1-11-7-14(18-3)8-12(16-11)10-17(2)13-5-4-6-15-9-13/h7-8,13,15H,4-6,9-10H2,1-3H3. The maximum Gasteiger partial charge on any atom is 0.122 e. The van der Waals surface area contributed by atoms with Crippen LogP contribution in [0.15, 0.2) is 12.1 Å². The van der Waals surface area contributed by atoms with Crippen LogP contribution in [-0.4, -0.2) is 43.2 Å². The molecule has 2 heterocycles. The topological polar surface area (TPSA) is 37.4 Å². The molecule has 1 aromatic heterocycles. The Bertz CT molecular complexity index is 389. The lowest BCUT2D eigenvalue weighted by Gasteiger charge is -2.31. The summed E-state index contributed by atoms with van der Waals surface area (Å²) in [4.78, 5) is 6.96. The van der Waals surface area contributed by atoms with Crippen molar-refractivity contribution in [2.75, 3.05) is 27.2 Å². The highest BCUT2D eigenvalue weighted by Crippen LogP contribution is 2.16. The Hall–Kier alpha value is -1.13. The van der Waals surface area contributed by atoms with Crippen LogP contribution in [0.1, 0.15) is 24.2 Å². The summed E-state index contributed by atoms with van der Waals surface area (Å²) in [6, 6.07) is 4.61. The summed E-state index contributed by atoms with van der Waals surface area (Å²) in [6.45, 7) is 5.12. The predicted molar refractivity (Wildman–Crippen MR) is 72.9 cm³/mol. The molecule has 0 aromatic carbocycles. The van der Waals surface area contributed by atoms with Gasteiger partial charge in [-0.3, -0.25) is 9.88 Å². The fourth-order valence-corrected chi connectivity index (χ4v) is 2.50. The summed E-state index contributed by atoms with van der Waals surface area (Å²) in [5, 5.41) is 3.45. The lowest BCUT2D eigenvalue weighted by Crippen LogP contribution is -2.43. The van der Waals surface area contributed by atoms with E-state index in [0.29, 0.717) is 6.04 Å². The Labute approximate surface area is 109 Å². The minimum Gasteiger partial charge on any atom is -0.497 e. The van der Waals surface area contributed by atoms with Crippen LogP contribution in [0, 0.1) is 6.92 Å². The summed E-state index contributed by atoms with van der Waals surface area (Å²) in [7, 11) is 3.88. The molecule has 0 saturated carbocycles. The largest absolute Gasteiger partial charge is 0.497 e. The number of piperidine rings is 1. The maximum atomic E-state index is 5.29. The molecule has 2 rings (SSSR count). The Morgan fingerprint density at radius 3 is 3.00 bits per heavy atom. The molecule has 1 saturated heterocycles. The van der Waals surface area contributed by atoms with Gasteiger partial charge in [-0.1, -0.05) is 0 Å². The molecule has 4 heteroatoms. The number of aryl methyl sites for hydroxylation is 1. The van der Waals surface area contributed by atoms with Gasteiger partial charge in [-0.15, -0.1) is 0 Å². The average molecular weight is 249 g/mol. The lowest BCUT2D eigenvalue weighted by molar-refractivity contribution is 0.193. The molecule has 1 aliphatic heterocycles. The van der Waals surface area contributed by atoms with Gasteiger partial charge in [0, 0.05) is 37.0 Å². The van der Waals surface area contributed by atoms with Crippen LogP contribution in [0.25, 0.3) is 0 Å². The van der Waals surface area contributed by atoms with E-state index in [2.05, 4.69) is 22.2 Å². The number of nitrogens with one attached hydrogen (secondary N) is 1. The van der Waals surface area contributed by atoms with Crippen molar-refractivity contribution in [2.45, 2.75) is 32.4 Å². The number of nitrogens with zero attached hydrogens (tertiary/aromatic N) is 2. The first kappa shape index (κ1) is 13.3. The highest BCUT2D eigenvalue weighted by atomic mass is 16.5. The van der Waals surface area contributed by atoms with Crippen LogP contribution in [-0.2, 0) is 6.54 Å². The molecule has 0 radical (unpaired) electrons. The summed E-state index contributed by atoms with van der Waals surface area (Å²) >= 11 is 0. The zero-order chi connectivity index (χ0) is 13.0. The van der Waals surface area contributed by atoms with E-state index in [1.165, 1.54) is 12.8 Å². The van der Waals surface area contributed by atoms with Crippen LogP contribution in [0.4, 0.5) is 0 Å². The van der Waals surface area contributed by atoms with Gasteiger partial charge >= 0.3 is 0 Å². The molecule has 4 nitrogen and oxygen atoms in total. The third-order valence-electron chi connectivity index (χ3n) is 3.52. The molecule has 0 spiro atoms. The summed E-state index contributed by atoms with van der Waals surface area (Å²) in [5.41, 5.74) is 2.10. The average Bonchev–Trinajstić information content (AvgIpc) is 2.39. The van der Waals surface area contributed by atoms with Gasteiger partial charge in [0.2, 0.25) is 0 Å². The zero-order valence-electron chi connectivity index (χ0n) is 11.6. The minimum absolute atomic E-state index is 0.618. The lowest BCUT2D eigenvalue weighted by atomic mass is 10.1. The number of methoxy groups -OCH3 is 1. The summed E-state index contributed by atoms with van der Waals surface area (Å²) in [5.74, 6) is 0.896. The van der Waals surface area contributed by atoms with E-state index in [-0.39, 0.29) is 0 Å². The Morgan fingerprint density at radius 2 is 2.33 bits per heavy atom. The van der Waals surface area contributed by atoms with Gasteiger partial charge in [0.1, 0.15) is 5.75 Å². The number of pyridine rings is 1. The molecule has 1 aromatic rings. The highest BCUT2D eigenvalue weighted by molar-refractivity contribution is 5.26. The van der Waals surface area contributed by atoms with E-state index in [0.717, 1.165) is 36.8 Å². The Morgan fingerprint density at radius 1 is 1.50 bits per heavy atom. The Balaban J connectivity index is 2.01. The molecule has 1 fully saturated rings. The van der Waals surface area contributed by atoms with Gasteiger partial charge in [0.05, 0.1) is 12.8 Å². The molecular formula is C14H23N3O. The van der Waals surface area contributed by atoms with Crippen molar-refractivity contribution in [3.63, 3.8) is 0 Å². The monoisotopic (exact) mass is 249 g/mol. The third-order valence-corrected chi connectivity index (χ3v) is 3.52. The first-order chi connectivity index (χ1) is 8.69. The van der Waals surface area contributed by atoms with Gasteiger partial charge in [-0.05, 0) is 33.4 Å². The van der Waals surface area contributed by atoms with E-state index < -0.39 is 0 Å². The number of ether oxygens (including phenoxy) is 1. The van der Waals surface area contributed by atoms with Crippen molar-refractivity contribution in [1.82, 2.24) is 15.2 Å². The van der Waals surface area contributed by atoms with Crippen molar-refractivity contribution < 1.29 is 4.74 Å². The van der Waals surface area contributed by atoms with Crippen molar-refractivity contribution in [3.8, 4) is 5.75 Å². The van der Waals surface area contributed by atoms with Gasteiger partial charge < -0.3 is 10.1 Å². The predicted octanol–water partition coefficient (Wildman–Crippen LogP) is 1.58. The normalized spacial score (nSPS) is 20.1. The molecule has 1 N–H and O–H groups in total. The van der Waals surface area contributed by atoms with Crippen LogP contribution in [0.5, 0.6) is 5.75 Å². The highest BCUT2D eigenvalue weighted by Gasteiger charge is 2.18. The SMILES string of the molecule is COc1cc(C)nc(CN(C)C2CCCNC2)c1. The van der Waals surface area contributed by atoms with Gasteiger partial charge in [0.25, 0.3) is 0 Å². The number of hydrogen-bond donors (Lipinski definition) is 1. The number of rotatable bonds is 4. The fraction of sp³-hybridized carbons (Fsp3) is 0.643. The number of aromatic nitrogens is 1. The van der Waals surface area contributed by atoms with E-state index in [1.807, 2.05) is 19.1 Å². The van der Waals surface area contributed by atoms with Crippen molar-refractivity contribution in [1.29, 1.82) is 0 Å². The van der Waals surface area contributed by atoms with Gasteiger partial charge in [0.15, 0.2) is 0 Å². The molecule has 1 aliphatic rings. The molecular weight excluding hydrogens is 226 g/mol. The number of likely N-dealkylation sites (N-methyl/N-ethyl adjacent to an activating group) is 1. The first-order valence-electron chi connectivity index (χ1n) is 6.61. The maximum absolute atomic E-state index is 5.29. The summed E-state index contributed by atoms with van der Waals surface area (Å²) in [6.07, 6.45) is 2.53. The van der Waals surface area contributed by atoms with E-state index >= 15 is 0 Å². The first-order valence-corrected chi connectivity index (χ1v) is 6.61. The van der Waals surface area contributed by atoms with E-state index in [4.69, 9.17) is 4.74 Å². The molecule has 100 valence electrons. The van der Waals surface area contributed by atoms with Crippen molar-refractivity contribution in [2.24, 2.45) is 0 Å². The van der Waals surface area contributed by atoms with Crippen molar-refractivity contribution in [3.05, 3.63) is 23.5 Å². The third kappa shape index (κ3) is 3.43. The Kier molecular flexibility index (Phi) is 4.55. The number of hydrogen-bond acceptors (Lipinski definition) is 4. The smallest absolute Gasteiger partial charge is 0.122 e. The molecule has 0 amide bonds. The molecule has 18 heavy (non-hydrogen) atoms.